The fraction of sp³-hybridized carbons (Fsp3) is 0.182. The second-order valence-electron chi connectivity index (χ2n) is 6.83. The Bertz CT molecular complexity index is 1230. The Labute approximate surface area is 188 Å². The Kier molecular flexibility index (Phi) is 6.29. The number of hydrogen-bond acceptors (Lipinski definition) is 5. The monoisotopic (exact) mass is 453 g/mol. The first-order valence-corrected chi connectivity index (χ1v) is 11.1. The number of fused-ring (bicyclic) bond motifs is 1. The van der Waals surface area contributed by atoms with Gasteiger partial charge in [0.15, 0.2) is 5.82 Å². The fourth-order valence-electron chi connectivity index (χ4n) is 3.13. The summed E-state index contributed by atoms with van der Waals surface area (Å²) in [4.78, 5) is 29.7. The van der Waals surface area contributed by atoms with Crippen molar-refractivity contribution in [2.24, 2.45) is 0 Å². The Morgan fingerprint density at radius 1 is 1.10 bits per heavy atom. The maximum atomic E-state index is 12.2. The lowest BCUT2D eigenvalue weighted by Crippen LogP contribution is -2.36. The Balaban J connectivity index is 1.36. The number of aryl methyl sites for hydroxylation is 1. The van der Waals surface area contributed by atoms with Gasteiger partial charge >= 0.3 is 11.8 Å². The minimum absolute atomic E-state index is 0.309. The van der Waals surface area contributed by atoms with E-state index >= 15 is 0 Å². The first kappa shape index (κ1) is 21.0. The van der Waals surface area contributed by atoms with Crippen LogP contribution in [-0.2, 0) is 22.4 Å². The third kappa shape index (κ3) is 4.76. The van der Waals surface area contributed by atoms with E-state index in [1.54, 1.807) is 22.7 Å². The molecule has 0 radical (unpaired) electrons. The van der Waals surface area contributed by atoms with Gasteiger partial charge in [-0.1, -0.05) is 36.7 Å². The van der Waals surface area contributed by atoms with Crippen LogP contribution in [0, 0.1) is 0 Å². The molecule has 7 nitrogen and oxygen atoms in total. The van der Waals surface area contributed by atoms with E-state index in [1.165, 1.54) is 11.3 Å². The summed E-state index contributed by atoms with van der Waals surface area (Å²) < 4.78 is 1.76. The molecule has 0 saturated heterocycles. The molecule has 158 valence electrons. The van der Waals surface area contributed by atoms with Crippen molar-refractivity contribution < 1.29 is 9.59 Å². The molecule has 0 fully saturated rings. The van der Waals surface area contributed by atoms with Gasteiger partial charge in [-0.05, 0) is 42.3 Å². The van der Waals surface area contributed by atoms with Crippen LogP contribution in [0.5, 0.6) is 0 Å². The van der Waals surface area contributed by atoms with Crippen LogP contribution in [0.4, 0.5) is 5.69 Å². The second kappa shape index (κ2) is 9.28. The number of aromatic nitrogens is 3. The molecule has 0 bridgehead atoms. The molecule has 2 aromatic heterocycles. The topological polar surface area (TPSA) is 88.4 Å². The molecule has 4 rings (SSSR count). The summed E-state index contributed by atoms with van der Waals surface area (Å²) in [5, 5.41) is 12.5. The van der Waals surface area contributed by atoms with E-state index in [4.69, 9.17) is 11.6 Å². The highest BCUT2D eigenvalue weighted by Gasteiger charge is 2.16. The Hall–Kier alpha value is -3.23. The standard InChI is InChI=1S/C22H20ClN5O2S/c1-2-14-5-3-4-6-18(14)25-21(30)20(29)24-12-11-17-13-31-22-26-19(27-28(17)22)15-7-9-16(23)10-8-15/h3-10,13H,2,11-12H2,1H3,(H,24,29)(H,25,30). The van der Waals surface area contributed by atoms with Gasteiger partial charge in [-0.3, -0.25) is 9.59 Å². The van der Waals surface area contributed by atoms with Crippen LogP contribution < -0.4 is 10.6 Å². The van der Waals surface area contributed by atoms with E-state index in [0.29, 0.717) is 29.5 Å². The van der Waals surface area contributed by atoms with Crippen molar-refractivity contribution in [2.45, 2.75) is 19.8 Å². The molecule has 31 heavy (non-hydrogen) atoms. The summed E-state index contributed by atoms with van der Waals surface area (Å²) in [6.45, 7) is 2.30. The summed E-state index contributed by atoms with van der Waals surface area (Å²) in [5.74, 6) is -0.734. The lowest BCUT2D eigenvalue weighted by atomic mass is 10.1. The average molecular weight is 454 g/mol. The molecule has 0 aliphatic rings. The number of hydrogen-bond donors (Lipinski definition) is 2. The van der Waals surface area contributed by atoms with Crippen molar-refractivity contribution in [3.63, 3.8) is 0 Å². The van der Waals surface area contributed by atoms with E-state index in [-0.39, 0.29) is 0 Å². The van der Waals surface area contributed by atoms with Crippen LogP contribution >= 0.6 is 22.9 Å². The number of anilines is 1. The molecule has 2 heterocycles. The molecule has 0 atom stereocenters. The minimum atomic E-state index is -0.679. The molecule has 4 aromatic rings. The van der Waals surface area contributed by atoms with Crippen LogP contribution in [0.15, 0.2) is 53.9 Å². The van der Waals surface area contributed by atoms with Gasteiger partial charge in [-0.15, -0.1) is 16.4 Å². The Morgan fingerprint density at radius 3 is 2.65 bits per heavy atom. The van der Waals surface area contributed by atoms with Gasteiger partial charge < -0.3 is 10.6 Å². The predicted molar refractivity (Wildman–Crippen MR) is 122 cm³/mol. The number of nitrogens with one attached hydrogen (secondary N) is 2. The van der Waals surface area contributed by atoms with Crippen LogP contribution in [0.2, 0.25) is 5.02 Å². The van der Waals surface area contributed by atoms with Crippen LogP contribution in [0.3, 0.4) is 0 Å². The molecular weight excluding hydrogens is 434 g/mol. The molecule has 0 saturated carbocycles. The lowest BCUT2D eigenvalue weighted by molar-refractivity contribution is -0.136. The van der Waals surface area contributed by atoms with Crippen molar-refractivity contribution in [3.05, 3.63) is 70.2 Å². The number of carbonyl (C=O) groups excluding carboxylic acids is 2. The molecule has 0 unspecified atom stereocenters. The van der Waals surface area contributed by atoms with Gasteiger partial charge in [0, 0.05) is 34.6 Å². The number of rotatable bonds is 6. The minimum Gasteiger partial charge on any atom is -0.347 e. The SMILES string of the molecule is CCc1ccccc1NC(=O)C(=O)NCCc1csc2nc(-c3ccc(Cl)cc3)nn12. The summed E-state index contributed by atoms with van der Waals surface area (Å²) in [5.41, 5.74) is 3.42. The molecule has 0 spiro atoms. The fourth-order valence-corrected chi connectivity index (χ4v) is 4.11. The van der Waals surface area contributed by atoms with Crippen LogP contribution in [-0.4, -0.2) is 33.0 Å². The smallest absolute Gasteiger partial charge is 0.313 e. The van der Waals surface area contributed by atoms with E-state index in [0.717, 1.165) is 28.2 Å². The molecule has 0 aliphatic heterocycles. The van der Waals surface area contributed by atoms with E-state index in [9.17, 15) is 9.59 Å². The lowest BCUT2D eigenvalue weighted by Gasteiger charge is -2.09. The molecule has 2 amide bonds. The highest BCUT2D eigenvalue weighted by atomic mass is 35.5. The molecule has 0 aliphatic carbocycles. The van der Waals surface area contributed by atoms with Gasteiger partial charge in [-0.2, -0.15) is 4.98 Å². The molecule has 9 heteroatoms. The van der Waals surface area contributed by atoms with E-state index in [2.05, 4.69) is 20.7 Å². The van der Waals surface area contributed by atoms with Crippen molar-refractivity contribution in [1.29, 1.82) is 0 Å². The van der Waals surface area contributed by atoms with Gasteiger partial charge in [0.1, 0.15) is 0 Å². The van der Waals surface area contributed by atoms with Gasteiger partial charge in [0.2, 0.25) is 4.96 Å². The summed E-state index contributed by atoms with van der Waals surface area (Å²) >= 11 is 7.42. The number of halogens is 1. The molecule has 2 aromatic carbocycles. The zero-order valence-corrected chi connectivity index (χ0v) is 18.3. The highest BCUT2D eigenvalue weighted by molar-refractivity contribution is 7.15. The van der Waals surface area contributed by atoms with E-state index in [1.807, 2.05) is 42.6 Å². The number of carbonyl (C=O) groups is 2. The van der Waals surface area contributed by atoms with Gasteiger partial charge in [0.25, 0.3) is 0 Å². The normalized spacial score (nSPS) is 10.9. The molecular formula is C22H20ClN5O2S. The summed E-state index contributed by atoms with van der Waals surface area (Å²) in [6, 6.07) is 14.8. The third-order valence-corrected chi connectivity index (χ3v) is 5.89. The van der Waals surface area contributed by atoms with Crippen LogP contribution in [0.25, 0.3) is 16.3 Å². The van der Waals surface area contributed by atoms with Crippen molar-refractivity contribution in [1.82, 2.24) is 19.9 Å². The molecule has 2 N–H and O–H groups in total. The van der Waals surface area contributed by atoms with Crippen LogP contribution in [0.1, 0.15) is 18.2 Å². The first-order valence-electron chi connectivity index (χ1n) is 9.81. The Morgan fingerprint density at radius 2 is 1.87 bits per heavy atom. The van der Waals surface area contributed by atoms with Gasteiger partial charge in [-0.25, -0.2) is 4.52 Å². The number of benzene rings is 2. The largest absolute Gasteiger partial charge is 0.347 e. The zero-order chi connectivity index (χ0) is 21.8. The maximum Gasteiger partial charge on any atom is 0.313 e. The number of amides is 2. The van der Waals surface area contributed by atoms with E-state index < -0.39 is 11.8 Å². The van der Waals surface area contributed by atoms with Crippen molar-refractivity contribution in [3.8, 4) is 11.4 Å². The third-order valence-electron chi connectivity index (χ3n) is 4.77. The quantitative estimate of drug-likeness (QED) is 0.432. The van der Waals surface area contributed by atoms with Gasteiger partial charge in [0.05, 0.1) is 5.69 Å². The van der Waals surface area contributed by atoms with Crippen molar-refractivity contribution in [2.75, 3.05) is 11.9 Å². The maximum absolute atomic E-state index is 12.2. The highest BCUT2D eigenvalue weighted by Crippen LogP contribution is 2.22. The number of thiazole rings is 1. The zero-order valence-electron chi connectivity index (χ0n) is 16.8. The first-order chi connectivity index (χ1) is 15.0. The number of nitrogens with zero attached hydrogens (tertiary/aromatic N) is 3. The second-order valence-corrected chi connectivity index (χ2v) is 8.11. The predicted octanol–water partition coefficient (Wildman–Crippen LogP) is 3.97. The average Bonchev–Trinajstić information content (AvgIpc) is 3.36. The summed E-state index contributed by atoms with van der Waals surface area (Å²) in [6.07, 6.45) is 1.29. The van der Waals surface area contributed by atoms with Crippen molar-refractivity contribution >= 4 is 45.4 Å². The number of para-hydroxylation sites is 1. The summed E-state index contributed by atoms with van der Waals surface area (Å²) in [7, 11) is 0.